The van der Waals surface area contributed by atoms with Crippen LogP contribution in [0.3, 0.4) is 0 Å². The van der Waals surface area contributed by atoms with Gasteiger partial charge in [-0.3, -0.25) is 4.79 Å². The summed E-state index contributed by atoms with van der Waals surface area (Å²) in [5.41, 5.74) is 4.27. The van der Waals surface area contributed by atoms with Crippen LogP contribution in [0.1, 0.15) is 22.7 Å². The van der Waals surface area contributed by atoms with Crippen LogP contribution in [0.5, 0.6) is 11.5 Å². The van der Waals surface area contributed by atoms with E-state index in [4.69, 9.17) is 14.5 Å². The Morgan fingerprint density at radius 1 is 0.892 bits per heavy atom. The zero-order valence-electron chi connectivity index (χ0n) is 20.7. The van der Waals surface area contributed by atoms with Crippen LogP contribution < -0.4 is 14.8 Å². The van der Waals surface area contributed by atoms with Crippen molar-refractivity contribution < 1.29 is 14.3 Å². The van der Waals surface area contributed by atoms with Gasteiger partial charge in [-0.05, 0) is 36.2 Å². The molecular weight excluding hydrogens is 484 g/mol. The molecule has 1 N–H and O–H groups in total. The molecule has 0 fully saturated rings. The Morgan fingerprint density at radius 3 is 2.16 bits per heavy atom. The molecule has 5 rings (SSSR count). The van der Waals surface area contributed by atoms with Gasteiger partial charge < -0.3 is 14.8 Å². The van der Waals surface area contributed by atoms with Crippen LogP contribution in [0, 0.1) is 6.92 Å². The van der Waals surface area contributed by atoms with Crippen LogP contribution in [-0.2, 0) is 4.79 Å². The summed E-state index contributed by atoms with van der Waals surface area (Å²) in [5.74, 6) is 1.23. The largest absolute Gasteiger partial charge is 0.493 e. The number of nitrogens with one attached hydrogen (secondary N) is 1. The second-order valence-corrected chi connectivity index (χ2v) is 9.25. The predicted octanol–water partition coefficient (Wildman–Crippen LogP) is 6.09. The van der Waals surface area contributed by atoms with Crippen molar-refractivity contribution in [1.82, 2.24) is 14.8 Å². The molecule has 0 aliphatic carbocycles. The first-order valence-electron chi connectivity index (χ1n) is 11.7. The monoisotopic (exact) mass is 510 g/mol. The van der Waals surface area contributed by atoms with Crippen molar-refractivity contribution in [3.8, 4) is 27.9 Å². The van der Waals surface area contributed by atoms with Crippen LogP contribution in [0.2, 0.25) is 0 Å². The lowest BCUT2D eigenvalue weighted by atomic mass is 9.90. The number of amides is 1. The summed E-state index contributed by atoms with van der Waals surface area (Å²) in [6.07, 6.45) is 0. The number of carbonyl (C=O) groups excluding carboxylic acids is 1. The number of ether oxygens (including phenoxy) is 2. The van der Waals surface area contributed by atoms with Gasteiger partial charge in [0.1, 0.15) is 5.82 Å². The van der Waals surface area contributed by atoms with Gasteiger partial charge in [0.05, 0.1) is 31.5 Å². The number of rotatable bonds is 8. The van der Waals surface area contributed by atoms with E-state index in [-0.39, 0.29) is 5.91 Å². The second kappa shape index (κ2) is 10.7. The summed E-state index contributed by atoms with van der Waals surface area (Å²) in [7, 11) is 3.21. The van der Waals surface area contributed by atoms with Crippen molar-refractivity contribution in [1.29, 1.82) is 0 Å². The first-order valence-corrected chi connectivity index (χ1v) is 12.6. The SMILES string of the molecule is COc1ccc(-c2csc(-n3nc(C)cc3NC(=O)C(c3ccccc3)c3ccccc3)n2)cc1OC. The molecule has 0 spiro atoms. The van der Waals surface area contributed by atoms with Crippen LogP contribution in [0.4, 0.5) is 5.82 Å². The third kappa shape index (κ3) is 5.10. The number of hydrogen-bond acceptors (Lipinski definition) is 6. The first-order chi connectivity index (χ1) is 18.1. The van der Waals surface area contributed by atoms with Crippen molar-refractivity contribution >= 4 is 23.1 Å². The summed E-state index contributed by atoms with van der Waals surface area (Å²) >= 11 is 1.44. The Bertz CT molecular complexity index is 1470. The highest BCUT2D eigenvalue weighted by Crippen LogP contribution is 2.34. The summed E-state index contributed by atoms with van der Waals surface area (Å²) < 4.78 is 12.5. The van der Waals surface area contributed by atoms with Gasteiger partial charge in [-0.1, -0.05) is 60.7 Å². The van der Waals surface area contributed by atoms with E-state index in [2.05, 4.69) is 10.4 Å². The molecule has 0 radical (unpaired) electrons. The number of carbonyl (C=O) groups is 1. The number of thiazole rings is 1. The second-order valence-electron chi connectivity index (χ2n) is 8.41. The molecule has 7 nitrogen and oxygen atoms in total. The fourth-order valence-electron chi connectivity index (χ4n) is 4.21. The number of hydrogen-bond donors (Lipinski definition) is 1. The van der Waals surface area contributed by atoms with E-state index in [1.54, 1.807) is 18.9 Å². The van der Waals surface area contributed by atoms with E-state index in [1.165, 1.54) is 11.3 Å². The van der Waals surface area contributed by atoms with Gasteiger partial charge >= 0.3 is 0 Å². The normalized spacial score (nSPS) is 10.9. The Labute approximate surface area is 219 Å². The molecule has 2 aromatic heterocycles. The Kier molecular flexibility index (Phi) is 7.00. The fraction of sp³-hybridized carbons (Fsp3) is 0.138. The highest BCUT2D eigenvalue weighted by molar-refractivity contribution is 7.12. The van der Waals surface area contributed by atoms with Crippen LogP contribution in [-0.4, -0.2) is 34.9 Å². The standard InChI is InChI=1S/C29H26N4O3S/c1-19-16-26(31-28(34)27(20-10-6-4-7-11-20)21-12-8-5-9-13-21)33(32-19)29-30-23(18-37-29)22-14-15-24(35-2)25(17-22)36-3/h4-18,27H,1-3H3,(H,31,34). The van der Waals surface area contributed by atoms with Gasteiger partial charge in [0.15, 0.2) is 11.5 Å². The molecule has 2 heterocycles. The molecule has 0 saturated carbocycles. The van der Waals surface area contributed by atoms with Gasteiger partial charge in [-0.15, -0.1) is 11.3 Å². The van der Waals surface area contributed by atoms with E-state index >= 15 is 0 Å². The highest BCUT2D eigenvalue weighted by Gasteiger charge is 2.24. The Balaban J connectivity index is 1.46. The van der Waals surface area contributed by atoms with E-state index < -0.39 is 5.92 Å². The topological polar surface area (TPSA) is 78.3 Å². The quantitative estimate of drug-likeness (QED) is 0.273. The zero-order chi connectivity index (χ0) is 25.8. The zero-order valence-corrected chi connectivity index (χ0v) is 21.5. The van der Waals surface area contributed by atoms with Crippen molar-refractivity contribution in [2.45, 2.75) is 12.8 Å². The average Bonchev–Trinajstić information content (AvgIpc) is 3.56. The molecule has 37 heavy (non-hydrogen) atoms. The fourth-order valence-corrected chi connectivity index (χ4v) is 5.00. The Morgan fingerprint density at radius 2 is 1.54 bits per heavy atom. The minimum Gasteiger partial charge on any atom is -0.493 e. The molecule has 8 heteroatoms. The van der Waals surface area contributed by atoms with Crippen molar-refractivity contribution in [3.05, 3.63) is 107 Å². The van der Waals surface area contributed by atoms with Gasteiger partial charge in [-0.25, -0.2) is 4.98 Å². The lowest BCUT2D eigenvalue weighted by Gasteiger charge is -2.18. The third-order valence-electron chi connectivity index (χ3n) is 5.96. The number of aromatic nitrogens is 3. The van der Waals surface area contributed by atoms with Crippen molar-refractivity contribution in [2.75, 3.05) is 19.5 Å². The maximum atomic E-state index is 13.7. The van der Waals surface area contributed by atoms with Gasteiger partial charge in [0.2, 0.25) is 11.0 Å². The summed E-state index contributed by atoms with van der Waals surface area (Å²) in [4.78, 5) is 18.5. The Hall–Kier alpha value is -4.43. The van der Waals surface area contributed by atoms with E-state index in [0.29, 0.717) is 22.4 Å². The lowest BCUT2D eigenvalue weighted by molar-refractivity contribution is -0.116. The van der Waals surface area contributed by atoms with Gasteiger partial charge in [-0.2, -0.15) is 9.78 Å². The van der Waals surface area contributed by atoms with Crippen LogP contribution in [0.25, 0.3) is 16.4 Å². The molecule has 1 amide bonds. The van der Waals surface area contributed by atoms with E-state index in [0.717, 1.165) is 28.1 Å². The molecule has 0 aliphatic heterocycles. The molecule has 0 saturated heterocycles. The summed E-state index contributed by atoms with van der Waals surface area (Å²) in [6, 6.07) is 27.1. The number of aryl methyl sites for hydroxylation is 1. The highest BCUT2D eigenvalue weighted by atomic mass is 32.1. The van der Waals surface area contributed by atoms with Crippen molar-refractivity contribution in [2.24, 2.45) is 0 Å². The minimum absolute atomic E-state index is 0.143. The molecule has 0 aliphatic rings. The van der Waals surface area contributed by atoms with E-state index in [1.807, 2.05) is 97.2 Å². The molecule has 5 aromatic rings. The lowest BCUT2D eigenvalue weighted by Crippen LogP contribution is -2.23. The molecule has 0 atom stereocenters. The molecule has 0 bridgehead atoms. The summed E-state index contributed by atoms with van der Waals surface area (Å²) in [5, 5.41) is 10.3. The van der Waals surface area contributed by atoms with Crippen LogP contribution in [0.15, 0.2) is 90.3 Å². The number of nitrogens with zero attached hydrogens (tertiary/aromatic N) is 3. The van der Waals surface area contributed by atoms with Crippen molar-refractivity contribution in [3.63, 3.8) is 0 Å². The molecule has 0 unspecified atom stereocenters. The third-order valence-corrected chi connectivity index (χ3v) is 6.78. The molecular formula is C29H26N4O3S. The number of benzene rings is 3. The van der Waals surface area contributed by atoms with E-state index in [9.17, 15) is 4.79 Å². The van der Waals surface area contributed by atoms with Gasteiger partial charge in [0.25, 0.3) is 0 Å². The predicted molar refractivity (Wildman–Crippen MR) is 146 cm³/mol. The van der Waals surface area contributed by atoms with Crippen LogP contribution >= 0.6 is 11.3 Å². The average molecular weight is 511 g/mol. The maximum Gasteiger partial charge on any atom is 0.237 e. The van der Waals surface area contributed by atoms with Gasteiger partial charge in [0, 0.05) is 17.0 Å². The molecule has 186 valence electrons. The maximum absolute atomic E-state index is 13.7. The molecule has 3 aromatic carbocycles. The number of methoxy groups -OCH3 is 2. The first kappa shape index (κ1) is 24.3. The minimum atomic E-state index is -0.468. The number of anilines is 1. The summed E-state index contributed by atoms with van der Waals surface area (Å²) in [6.45, 7) is 1.89. The smallest absolute Gasteiger partial charge is 0.237 e.